The fraction of sp³-hybridized carbons (Fsp3) is 0.320. The van der Waals surface area contributed by atoms with E-state index in [0.717, 1.165) is 44.7 Å². The molecule has 2 amide bonds. The molecule has 8 nitrogen and oxygen atoms in total. The smallest absolute Gasteiger partial charge is 0.254 e. The van der Waals surface area contributed by atoms with Gasteiger partial charge in [-0.05, 0) is 66.6 Å². The second-order valence-electron chi connectivity index (χ2n) is 8.63. The van der Waals surface area contributed by atoms with Crippen LogP contribution in [-0.4, -0.2) is 46.4 Å². The van der Waals surface area contributed by atoms with Crippen LogP contribution in [-0.2, 0) is 16.1 Å². The van der Waals surface area contributed by atoms with Crippen LogP contribution in [0.25, 0.3) is 17.3 Å². The van der Waals surface area contributed by atoms with Gasteiger partial charge < -0.3 is 10.2 Å². The third kappa shape index (κ3) is 5.37. The standard InChI is InChI=1S/C25H26N6O2S/c32-23-13-20(24(33)30-23)12-21-2-7-28-25(29-21)31-8-3-17(4-9-31)14-26-15-18-1-6-27-22(11-18)19-5-10-34-16-19/h1-2,5-7,10-12,16-17,26H,3-4,8-9,13-15H2,(H,30,32,33)/b20-12+. The van der Waals surface area contributed by atoms with Crippen molar-refractivity contribution in [3.8, 4) is 11.3 Å². The molecule has 5 heterocycles. The molecule has 9 heteroatoms. The van der Waals surface area contributed by atoms with E-state index in [1.165, 1.54) is 11.1 Å². The van der Waals surface area contributed by atoms with Gasteiger partial charge in [-0.1, -0.05) is 0 Å². The Morgan fingerprint density at radius 1 is 1.15 bits per heavy atom. The maximum atomic E-state index is 11.8. The number of pyridine rings is 1. The number of piperidine rings is 1. The number of nitrogens with one attached hydrogen (secondary N) is 2. The summed E-state index contributed by atoms with van der Waals surface area (Å²) < 4.78 is 0. The van der Waals surface area contributed by atoms with Crippen LogP contribution in [0.3, 0.4) is 0 Å². The second kappa shape index (κ2) is 10.2. The molecular weight excluding hydrogens is 448 g/mol. The van der Waals surface area contributed by atoms with E-state index < -0.39 is 0 Å². The van der Waals surface area contributed by atoms with Gasteiger partial charge in [0.15, 0.2) is 0 Å². The van der Waals surface area contributed by atoms with Crippen molar-refractivity contribution in [1.82, 2.24) is 25.6 Å². The number of carbonyl (C=O) groups excluding carboxylic acids is 2. The van der Waals surface area contributed by atoms with Crippen molar-refractivity contribution in [2.24, 2.45) is 5.92 Å². The molecule has 2 saturated heterocycles. The maximum Gasteiger partial charge on any atom is 0.254 e. The molecule has 174 valence electrons. The van der Waals surface area contributed by atoms with Gasteiger partial charge in [-0.3, -0.25) is 19.9 Å². The number of rotatable bonds is 7. The van der Waals surface area contributed by atoms with E-state index in [-0.39, 0.29) is 18.2 Å². The Labute approximate surface area is 202 Å². The number of amides is 2. The minimum Gasteiger partial charge on any atom is -0.341 e. The summed E-state index contributed by atoms with van der Waals surface area (Å²) in [7, 11) is 0. The normalized spacial score (nSPS) is 18.0. The highest BCUT2D eigenvalue weighted by Gasteiger charge is 2.24. The molecule has 5 rings (SSSR count). The van der Waals surface area contributed by atoms with E-state index in [1.807, 2.05) is 6.20 Å². The Morgan fingerprint density at radius 3 is 2.76 bits per heavy atom. The van der Waals surface area contributed by atoms with Crippen LogP contribution < -0.4 is 15.5 Å². The fourth-order valence-corrected chi connectivity index (χ4v) is 4.95. The van der Waals surface area contributed by atoms with Gasteiger partial charge >= 0.3 is 0 Å². The summed E-state index contributed by atoms with van der Waals surface area (Å²) in [5.41, 5.74) is 4.52. The molecule has 0 atom stereocenters. The van der Waals surface area contributed by atoms with Crippen molar-refractivity contribution in [3.05, 3.63) is 64.2 Å². The Bertz CT molecular complexity index is 1200. The van der Waals surface area contributed by atoms with Crippen LogP contribution in [0.5, 0.6) is 0 Å². The molecule has 0 unspecified atom stereocenters. The molecule has 2 fully saturated rings. The highest BCUT2D eigenvalue weighted by Crippen LogP contribution is 2.23. The van der Waals surface area contributed by atoms with Gasteiger partial charge in [0.05, 0.1) is 17.8 Å². The third-order valence-corrected chi connectivity index (χ3v) is 6.87. The lowest BCUT2D eigenvalue weighted by Crippen LogP contribution is -2.38. The van der Waals surface area contributed by atoms with E-state index in [1.54, 1.807) is 29.7 Å². The molecule has 3 aromatic rings. The van der Waals surface area contributed by atoms with Crippen molar-refractivity contribution in [3.63, 3.8) is 0 Å². The predicted octanol–water partition coefficient (Wildman–Crippen LogP) is 3.04. The Morgan fingerprint density at radius 2 is 2.00 bits per heavy atom. The summed E-state index contributed by atoms with van der Waals surface area (Å²) in [6.07, 6.45) is 7.49. The topological polar surface area (TPSA) is 100 Å². The lowest BCUT2D eigenvalue weighted by Gasteiger charge is -2.32. The summed E-state index contributed by atoms with van der Waals surface area (Å²) in [5.74, 6) is 0.664. The lowest BCUT2D eigenvalue weighted by molar-refractivity contribution is -0.124. The molecule has 0 spiro atoms. The molecule has 2 N–H and O–H groups in total. The number of aromatic nitrogens is 3. The van der Waals surface area contributed by atoms with Crippen LogP contribution in [0, 0.1) is 5.92 Å². The van der Waals surface area contributed by atoms with Gasteiger partial charge in [0, 0.05) is 48.5 Å². The number of imide groups is 1. The minimum atomic E-state index is -0.340. The highest BCUT2D eigenvalue weighted by atomic mass is 32.1. The molecule has 34 heavy (non-hydrogen) atoms. The molecule has 2 aliphatic rings. The average Bonchev–Trinajstić information content (AvgIpc) is 3.50. The first-order chi connectivity index (χ1) is 16.6. The van der Waals surface area contributed by atoms with Crippen molar-refractivity contribution < 1.29 is 9.59 Å². The zero-order valence-electron chi connectivity index (χ0n) is 18.7. The van der Waals surface area contributed by atoms with Crippen molar-refractivity contribution in [2.75, 3.05) is 24.5 Å². The molecule has 2 aliphatic heterocycles. The van der Waals surface area contributed by atoms with Crippen molar-refractivity contribution in [2.45, 2.75) is 25.8 Å². The highest BCUT2D eigenvalue weighted by molar-refractivity contribution is 7.08. The number of carbonyl (C=O) groups is 2. The first-order valence-corrected chi connectivity index (χ1v) is 12.4. The van der Waals surface area contributed by atoms with E-state index in [9.17, 15) is 9.59 Å². The van der Waals surface area contributed by atoms with Gasteiger partial charge in [0.25, 0.3) is 5.91 Å². The van der Waals surface area contributed by atoms with Crippen molar-refractivity contribution >= 4 is 35.2 Å². The summed E-state index contributed by atoms with van der Waals surface area (Å²) in [6.45, 7) is 3.58. The molecular formula is C25H26N6O2S. The minimum absolute atomic E-state index is 0.103. The van der Waals surface area contributed by atoms with Crippen LogP contribution in [0.4, 0.5) is 5.95 Å². The Kier molecular flexibility index (Phi) is 6.73. The first kappa shape index (κ1) is 22.4. The van der Waals surface area contributed by atoms with E-state index in [0.29, 0.717) is 23.1 Å². The quantitative estimate of drug-likeness (QED) is 0.401. The Balaban J connectivity index is 1.11. The third-order valence-electron chi connectivity index (χ3n) is 6.18. The van der Waals surface area contributed by atoms with Crippen LogP contribution in [0.1, 0.15) is 30.5 Å². The zero-order valence-corrected chi connectivity index (χ0v) is 19.6. The fourth-order valence-electron chi connectivity index (χ4n) is 4.30. The molecule has 0 radical (unpaired) electrons. The number of thiophene rings is 1. The first-order valence-electron chi connectivity index (χ1n) is 11.4. The van der Waals surface area contributed by atoms with Gasteiger partial charge in [-0.2, -0.15) is 11.3 Å². The van der Waals surface area contributed by atoms with Crippen molar-refractivity contribution in [1.29, 1.82) is 0 Å². The summed E-state index contributed by atoms with van der Waals surface area (Å²) in [4.78, 5) is 38.9. The zero-order chi connectivity index (χ0) is 23.3. The monoisotopic (exact) mass is 474 g/mol. The van der Waals surface area contributed by atoms with Gasteiger partial charge in [0.2, 0.25) is 11.9 Å². The largest absolute Gasteiger partial charge is 0.341 e. The number of hydrogen-bond donors (Lipinski definition) is 2. The molecule has 0 bridgehead atoms. The van der Waals surface area contributed by atoms with E-state index in [2.05, 4.69) is 59.4 Å². The summed E-state index contributed by atoms with van der Waals surface area (Å²) >= 11 is 1.68. The molecule has 0 saturated carbocycles. The summed E-state index contributed by atoms with van der Waals surface area (Å²) in [5, 5.41) is 10.1. The number of nitrogens with zero attached hydrogens (tertiary/aromatic N) is 4. The lowest BCUT2D eigenvalue weighted by atomic mass is 9.97. The van der Waals surface area contributed by atoms with E-state index in [4.69, 9.17) is 0 Å². The van der Waals surface area contributed by atoms with E-state index >= 15 is 0 Å². The second-order valence-corrected chi connectivity index (χ2v) is 9.41. The molecule has 0 aromatic carbocycles. The molecule has 0 aliphatic carbocycles. The van der Waals surface area contributed by atoms with Crippen LogP contribution >= 0.6 is 11.3 Å². The van der Waals surface area contributed by atoms with Gasteiger partial charge in [0.1, 0.15) is 0 Å². The predicted molar refractivity (Wildman–Crippen MR) is 132 cm³/mol. The van der Waals surface area contributed by atoms with Gasteiger partial charge in [-0.25, -0.2) is 9.97 Å². The summed E-state index contributed by atoms with van der Waals surface area (Å²) in [6, 6.07) is 8.07. The van der Waals surface area contributed by atoms with Gasteiger partial charge in [-0.15, -0.1) is 0 Å². The molecule has 3 aromatic heterocycles. The maximum absolute atomic E-state index is 11.8. The number of anilines is 1. The average molecular weight is 475 g/mol. The van der Waals surface area contributed by atoms with Crippen LogP contribution in [0.2, 0.25) is 0 Å². The van der Waals surface area contributed by atoms with Crippen LogP contribution in [0.15, 0.2) is 53.0 Å². The number of hydrogen-bond acceptors (Lipinski definition) is 8. The Hall–Kier alpha value is -3.43. The SMILES string of the molecule is O=C1C/C(=C\c2ccnc(N3CCC(CNCc4ccnc(-c5ccsc5)c4)CC3)n2)C(=O)N1.